The zero-order valence-corrected chi connectivity index (χ0v) is 8.79. The molecule has 0 bridgehead atoms. The highest BCUT2D eigenvalue weighted by Crippen LogP contribution is 2.13. The van der Waals surface area contributed by atoms with E-state index in [-0.39, 0.29) is 5.91 Å². The van der Waals surface area contributed by atoms with Crippen LogP contribution in [0.15, 0.2) is 30.5 Å². The van der Waals surface area contributed by atoms with Crippen LogP contribution in [-0.2, 0) is 0 Å². The Labute approximate surface area is 93.9 Å². The Morgan fingerprint density at radius 3 is 3.12 bits per heavy atom. The van der Waals surface area contributed by atoms with E-state index in [1.807, 2.05) is 24.4 Å². The Morgan fingerprint density at radius 2 is 2.31 bits per heavy atom. The number of benzene rings is 1. The molecular formula is C13H12N2O. The molecule has 3 nitrogen and oxygen atoms in total. The summed E-state index contributed by atoms with van der Waals surface area (Å²) in [6, 6.07) is 7.53. The topological polar surface area (TPSA) is 44.9 Å². The van der Waals surface area contributed by atoms with Crippen molar-refractivity contribution in [3.8, 4) is 12.3 Å². The molecule has 1 heterocycles. The summed E-state index contributed by atoms with van der Waals surface area (Å²) in [5.41, 5.74) is 1.61. The van der Waals surface area contributed by atoms with Crippen LogP contribution in [0.1, 0.15) is 16.8 Å². The van der Waals surface area contributed by atoms with Crippen LogP contribution in [-0.4, -0.2) is 17.4 Å². The molecule has 3 heteroatoms. The van der Waals surface area contributed by atoms with Gasteiger partial charge >= 0.3 is 0 Å². The minimum atomic E-state index is -0.0910. The first-order valence-corrected chi connectivity index (χ1v) is 5.10. The minimum absolute atomic E-state index is 0.0910. The summed E-state index contributed by atoms with van der Waals surface area (Å²) in [5.74, 6) is 2.39. The number of rotatable bonds is 3. The second-order valence-corrected chi connectivity index (χ2v) is 3.49. The van der Waals surface area contributed by atoms with Crippen LogP contribution in [0.25, 0.3) is 10.9 Å². The Balaban J connectivity index is 2.13. The predicted octanol–water partition coefficient (Wildman–Crippen LogP) is 1.92. The number of aromatic nitrogens is 1. The standard InChI is InChI=1S/C13H12N2O/c1-2-3-7-15-13(16)11-5-4-10-6-8-14-12(10)9-11/h1,4-6,8-9,14H,3,7H2,(H,15,16). The van der Waals surface area contributed by atoms with E-state index in [2.05, 4.69) is 16.2 Å². The second kappa shape index (κ2) is 4.54. The largest absolute Gasteiger partial charge is 0.361 e. The smallest absolute Gasteiger partial charge is 0.251 e. The van der Waals surface area contributed by atoms with Crippen molar-refractivity contribution >= 4 is 16.8 Å². The molecule has 80 valence electrons. The molecule has 0 saturated heterocycles. The zero-order valence-electron chi connectivity index (χ0n) is 8.79. The summed E-state index contributed by atoms with van der Waals surface area (Å²) in [6.07, 6.45) is 7.51. The van der Waals surface area contributed by atoms with Gasteiger partial charge in [-0.2, -0.15) is 0 Å². The first kappa shape index (κ1) is 10.3. The van der Waals surface area contributed by atoms with E-state index in [9.17, 15) is 4.79 Å². The Bertz CT molecular complexity index is 548. The molecule has 0 spiro atoms. The van der Waals surface area contributed by atoms with Crippen molar-refractivity contribution in [3.63, 3.8) is 0 Å². The van der Waals surface area contributed by atoms with Crippen molar-refractivity contribution in [2.24, 2.45) is 0 Å². The molecule has 0 fully saturated rings. The number of hydrogen-bond donors (Lipinski definition) is 2. The van der Waals surface area contributed by atoms with E-state index in [4.69, 9.17) is 6.42 Å². The number of fused-ring (bicyclic) bond motifs is 1. The van der Waals surface area contributed by atoms with Crippen molar-refractivity contribution in [2.45, 2.75) is 6.42 Å². The first-order chi connectivity index (χ1) is 7.81. The fraction of sp³-hybridized carbons (Fsp3) is 0.154. The number of terminal acetylenes is 1. The van der Waals surface area contributed by atoms with Gasteiger partial charge < -0.3 is 10.3 Å². The summed E-state index contributed by atoms with van der Waals surface area (Å²) in [4.78, 5) is 14.8. The van der Waals surface area contributed by atoms with E-state index >= 15 is 0 Å². The predicted molar refractivity (Wildman–Crippen MR) is 64.1 cm³/mol. The van der Waals surface area contributed by atoms with Crippen LogP contribution < -0.4 is 5.32 Å². The van der Waals surface area contributed by atoms with Crippen LogP contribution in [0.3, 0.4) is 0 Å². The monoisotopic (exact) mass is 212 g/mol. The molecule has 0 atom stereocenters. The first-order valence-electron chi connectivity index (χ1n) is 5.10. The van der Waals surface area contributed by atoms with Gasteiger partial charge in [0.25, 0.3) is 5.91 Å². The average molecular weight is 212 g/mol. The van der Waals surface area contributed by atoms with E-state index in [1.165, 1.54) is 0 Å². The van der Waals surface area contributed by atoms with Crippen LogP contribution in [0.2, 0.25) is 0 Å². The van der Waals surface area contributed by atoms with E-state index in [0.717, 1.165) is 10.9 Å². The molecule has 0 radical (unpaired) electrons. The number of hydrogen-bond acceptors (Lipinski definition) is 1. The van der Waals surface area contributed by atoms with E-state index < -0.39 is 0 Å². The lowest BCUT2D eigenvalue weighted by molar-refractivity contribution is 0.0954. The molecule has 16 heavy (non-hydrogen) atoms. The fourth-order valence-electron chi connectivity index (χ4n) is 1.54. The Kier molecular flexibility index (Phi) is 2.93. The van der Waals surface area contributed by atoms with Crippen molar-refractivity contribution in [2.75, 3.05) is 6.54 Å². The second-order valence-electron chi connectivity index (χ2n) is 3.49. The molecule has 0 aliphatic rings. The van der Waals surface area contributed by atoms with Gasteiger partial charge in [0.1, 0.15) is 0 Å². The van der Waals surface area contributed by atoms with Crippen LogP contribution in [0.5, 0.6) is 0 Å². The van der Waals surface area contributed by atoms with Crippen molar-refractivity contribution in [1.82, 2.24) is 10.3 Å². The third kappa shape index (κ3) is 2.06. The van der Waals surface area contributed by atoms with Crippen LogP contribution in [0.4, 0.5) is 0 Å². The summed E-state index contributed by atoms with van der Waals surface area (Å²) in [5, 5.41) is 3.86. The number of aromatic amines is 1. The summed E-state index contributed by atoms with van der Waals surface area (Å²) < 4.78 is 0. The van der Waals surface area contributed by atoms with Gasteiger partial charge in [0.15, 0.2) is 0 Å². The van der Waals surface area contributed by atoms with Crippen molar-refractivity contribution in [1.29, 1.82) is 0 Å². The van der Waals surface area contributed by atoms with Gasteiger partial charge in [-0.1, -0.05) is 6.07 Å². The van der Waals surface area contributed by atoms with Gasteiger partial charge in [-0.05, 0) is 23.6 Å². The number of amides is 1. The van der Waals surface area contributed by atoms with Gasteiger partial charge in [0.05, 0.1) is 0 Å². The number of H-pyrrole nitrogens is 1. The zero-order chi connectivity index (χ0) is 11.4. The molecular weight excluding hydrogens is 200 g/mol. The van der Waals surface area contributed by atoms with E-state index in [1.54, 1.807) is 6.07 Å². The minimum Gasteiger partial charge on any atom is -0.361 e. The van der Waals surface area contributed by atoms with E-state index in [0.29, 0.717) is 18.5 Å². The van der Waals surface area contributed by atoms with Gasteiger partial charge in [0.2, 0.25) is 0 Å². The fourth-order valence-corrected chi connectivity index (χ4v) is 1.54. The van der Waals surface area contributed by atoms with Crippen molar-refractivity contribution in [3.05, 3.63) is 36.0 Å². The van der Waals surface area contributed by atoms with Crippen molar-refractivity contribution < 1.29 is 4.79 Å². The molecule has 2 rings (SSSR count). The Morgan fingerprint density at radius 1 is 1.44 bits per heavy atom. The average Bonchev–Trinajstić information content (AvgIpc) is 2.76. The molecule has 0 aliphatic heterocycles. The molecule has 0 saturated carbocycles. The SMILES string of the molecule is C#CCCNC(=O)c1ccc2cc[nH]c2c1. The molecule has 1 aromatic carbocycles. The van der Waals surface area contributed by atoms with Crippen LogP contribution >= 0.6 is 0 Å². The number of nitrogens with one attached hydrogen (secondary N) is 2. The lowest BCUT2D eigenvalue weighted by Crippen LogP contribution is -2.24. The van der Waals surface area contributed by atoms with Gasteiger partial charge in [0, 0.05) is 30.2 Å². The maximum atomic E-state index is 11.7. The van der Waals surface area contributed by atoms with Gasteiger partial charge in [-0.3, -0.25) is 4.79 Å². The quantitative estimate of drug-likeness (QED) is 0.592. The third-order valence-corrected chi connectivity index (χ3v) is 2.37. The lowest BCUT2D eigenvalue weighted by Gasteiger charge is -2.02. The molecule has 0 aliphatic carbocycles. The number of carbonyl (C=O) groups is 1. The lowest BCUT2D eigenvalue weighted by atomic mass is 10.1. The summed E-state index contributed by atoms with van der Waals surface area (Å²) in [6.45, 7) is 0.512. The summed E-state index contributed by atoms with van der Waals surface area (Å²) >= 11 is 0. The summed E-state index contributed by atoms with van der Waals surface area (Å²) in [7, 11) is 0. The molecule has 1 amide bonds. The van der Waals surface area contributed by atoms with Crippen LogP contribution in [0, 0.1) is 12.3 Å². The number of carbonyl (C=O) groups excluding carboxylic acids is 1. The molecule has 1 aromatic heterocycles. The molecule has 2 aromatic rings. The highest BCUT2D eigenvalue weighted by molar-refractivity contribution is 5.97. The normalized spacial score (nSPS) is 9.94. The molecule has 2 N–H and O–H groups in total. The maximum Gasteiger partial charge on any atom is 0.251 e. The van der Waals surface area contributed by atoms with Gasteiger partial charge in [-0.25, -0.2) is 0 Å². The highest BCUT2D eigenvalue weighted by Gasteiger charge is 2.05. The maximum absolute atomic E-state index is 11.7. The molecule has 0 unspecified atom stereocenters. The Hall–Kier alpha value is -2.21. The van der Waals surface area contributed by atoms with Gasteiger partial charge in [-0.15, -0.1) is 12.3 Å². The highest BCUT2D eigenvalue weighted by atomic mass is 16.1. The third-order valence-electron chi connectivity index (χ3n) is 2.37.